The molecule has 0 spiro atoms. The molecule has 0 unspecified atom stereocenters. The molecular formula is C24H32N4O3. The average molecular weight is 425 g/mol. The normalized spacial score (nSPS) is 25.7. The van der Waals surface area contributed by atoms with Crippen molar-refractivity contribution in [1.29, 1.82) is 0 Å². The van der Waals surface area contributed by atoms with Crippen molar-refractivity contribution in [2.45, 2.75) is 56.5 Å². The summed E-state index contributed by atoms with van der Waals surface area (Å²) in [5.74, 6) is 2.99. The van der Waals surface area contributed by atoms with Gasteiger partial charge in [0.05, 0.1) is 18.8 Å². The topological polar surface area (TPSA) is 79.6 Å². The molecule has 0 radical (unpaired) electrons. The van der Waals surface area contributed by atoms with Gasteiger partial charge in [-0.25, -0.2) is 4.98 Å². The van der Waals surface area contributed by atoms with Crippen LogP contribution in [0.1, 0.15) is 60.8 Å². The maximum Gasteiger partial charge on any atom is 0.237 e. The summed E-state index contributed by atoms with van der Waals surface area (Å²) >= 11 is 0. The highest BCUT2D eigenvalue weighted by atomic mass is 16.5. The second kappa shape index (κ2) is 9.40. The molecule has 2 bridgehead atoms. The van der Waals surface area contributed by atoms with E-state index in [0.717, 1.165) is 50.4 Å². The van der Waals surface area contributed by atoms with E-state index in [1.54, 1.807) is 6.20 Å². The number of hydrogen-bond acceptors (Lipinski definition) is 6. The highest BCUT2D eigenvalue weighted by Crippen LogP contribution is 2.43. The van der Waals surface area contributed by atoms with Crippen LogP contribution in [0.2, 0.25) is 0 Å². The first kappa shape index (κ1) is 20.5. The molecule has 2 fully saturated rings. The Morgan fingerprint density at radius 3 is 2.90 bits per heavy atom. The fourth-order valence-corrected chi connectivity index (χ4v) is 4.82. The van der Waals surface area contributed by atoms with E-state index in [4.69, 9.17) is 9.15 Å². The molecule has 2 aromatic rings. The molecule has 2 N–H and O–H groups in total. The molecule has 5 rings (SSSR count). The number of nitrogens with one attached hydrogen (secondary N) is 2. The SMILES string of the molecule is O=C1NCCCN(Cc2cnco2)CCOc2ccc(C3CC3)cc2[C@H]2CCN[C@@H]1C2. The van der Waals surface area contributed by atoms with Gasteiger partial charge in [0, 0.05) is 19.6 Å². The molecule has 3 heterocycles. The largest absolute Gasteiger partial charge is 0.492 e. The number of ether oxygens (including phenoxy) is 1. The second-order valence-corrected chi connectivity index (χ2v) is 9.04. The number of hydrogen-bond donors (Lipinski definition) is 2. The van der Waals surface area contributed by atoms with Crippen LogP contribution in [0.25, 0.3) is 0 Å². The lowest BCUT2D eigenvalue weighted by atomic mass is 9.84. The Balaban J connectivity index is 1.37. The van der Waals surface area contributed by atoms with Crippen molar-refractivity contribution in [2.24, 2.45) is 0 Å². The van der Waals surface area contributed by atoms with Gasteiger partial charge >= 0.3 is 0 Å². The van der Waals surface area contributed by atoms with Crippen molar-refractivity contribution in [3.63, 3.8) is 0 Å². The summed E-state index contributed by atoms with van der Waals surface area (Å²) in [6.45, 7) is 4.52. The van der Waals surface area contributed by atoms with E-state index >= 15 is 0 Å². The number of amides is 1. The van der Waals surface area contributed by atoms with Crippen molar-refractivity contribution in [3.8, 4) is 5.75 Å². The zero-order chi connectivity index (χ0) is 21.0. The Kier molecular flexibility index (Phi) is 6.22. The Morgan fingerprint density at radius 2 is 2.06 bits per heavy atom. The Hall–Kier alpha value is -2.38. The standard InChI is InChI=1S/C24H32N4O3/c29-24-22-13-19(6-8-26-22)21-12-18(17-2-3-17)4-5-23(21)30-11-10-28(9-1-7-27-24)15-20-14-25-16-31-20/h4-5,12,14,16-17,19,22,26H,1-3,6-11,13,15H2,(H,27,29)/t19-,22+/m0/s1. The van der Waals surface area contributed by atoms with E-state index in [-0.39, 0.29) is 11.9 Å². The number of aromatic nitrogens is 1. The summed E-state index contributed by atoms with van der Waals surface area (Å²) in [6, 6.07) is 6.62. The minimum absolute atomic E-state index is 0.115. The molecule has 1 saturated carbocycles. The Morgan fingerprint density at radius 1 is 1.13 bits per heavy atom. The first-order valence-electron chi connectivity index (χ1n) is 11.6. The van der Waals surface area contributed by atoms with Crippen LogP contribution in [0.3, 0.4) is 0 Å². The van der Waals surface area contributed by atoms with Crippen LogP contribution >= 0.6 is 0 Å². The molecule has 166 valence electrons. The van der Waals surface area contributed by atoms with Gasteiger partial charge in [-0.3, -0.25) is 9.69 Å². The summed E-state index contributed by atoms with van der Waals surface area (Å²) in [5, 5.41) is 6.56. The third-order valence-corrected chi connectivity index (χ3v) is 6.72. The van der Waals surface area contributed by atoms with Gasteiger partial charge in [0.15, 0.2) is 6.39 Å². The fourth-order valence-electron chi connectivity index (χ4n) is 4.82. The molecule has 3 aliphatic rings. The highest BCUT2D eigenvalue weighted by molar-refractivity contribution is 5.82. The Bertz CT molecular complexity index is 881. The number of carbonyl (C=O) groups is 1. The molecule has 1 aromatic heterocycles. The smallest absolute Gasteiger partial charge is 0.237 e. The predicted molar refractivity (Wildman–Crippen MR) is 117 cm³/mol. The minimum Gasteiger partial charge on any atom is -0.492 e. The summed E-state index contributed by atoms with van der Waals surface area (Å²) in [7, 11) is 0. The third kappa shape index (κ3) is 5.10. The zero-order valence-electron chi connectivity index (χ0n) is 18.0. The van der Waals surface area contributed by atoms with Gasteiger partial charge < -0.3 is 19.8 Å². The molecule has 1 amide bonds. The number of fused-ring (bicyclic) bond motifs is 4. The van der Waals surface area contributed by atoms with Crippen LogP contribution in [0.5, 0.6) is 5.75 Å². The number of carbonyl (C=O) groups excluding carboxylic acids is 1. The summed E-state index contributed by atoms with van der Waals surface area (Å²) in [6.07, 6.45) is 8.55. The molecule has 1 saturated heterocycles. The molecule has 2 aliphatic heterocycles. The molecular weight excluding hydrogens is 392 g/mol. The molecule has 1 aromatic carbocycles. The van der Waals surface area contributed by atoms with Crippen LogP contribution in [0.4, 0.5) is 0 Å². The maximum absolute atomic E-state index is 12.8. The first-order valence-corrected chi connectivity index (χ1v) is 11.6. The number of rotatable bonds is 3. The van der Waals surface area contributed by atoms with Crippen molar-refractivity contribution < 1.29 is 13.9 Å². The maximum atomic E-state index is 12.8. The second-order valence-electron chi connectivity index (χ2n) is 9.04. The van der Waals surface area contributed by atoms with E-state index in [2.05, 4.69) is 38.7 Å². The van der Waals surface area contributed by atoms with E-state index in [1.807, 2.05) is 0 Å². The number of nitrogens with zero attached hydrogens (tertiary/aromatic N) is 2. The highest BCUT2D eigenvalue weighted by Gasteiger charge is 2.31. The number of piperidine rings is 1. The van der Waals surface area contributed by atoms with Gasteiger partial charge in [-0.2, -0.15) is 0 Å². The summed E-state index contributed by atoms with van der Waals surface area (Å²) in [5.41, 5.74) is 2.71. The van der Waals surface area contributed by atoms with E-state index < -0.39 is 0 Å². The van der Waals surface area contributed by atoms with Gasteiger partial charge in [-0.15, -0.1) is 0 Å². The molecule has 7 nitrogen and oxygen atoms in total. The summed E-state index contributed by atoms with van der Waals surface area (Å²) < 4.78 is 11.8. The van der Waals surface area contributed by atoms with E-state index in [0.29, 0.717) is 31.5 Å². The Labute approximate surface area is 183 Å². The van der Waals surface area contributed by atoms with Crippen molar-refractivity contribution in [1.82, 2.24) is 20.5 Å². The fraction of sp³-hybridized carbons (Fsp3) is 0.583. The van der Waals surface area contributed by atoms with Crippen molar-refractivity contribution in [3.05, 3.63) is 47.7 Å². The molecule has 1 aliphatic carbocycles. The lowest BCUT2D eigenvalue weighted by Gasteiger charge is -2.32. The molecule has 2 atom stereocenters. The van der Waals surface area contributed by atoms with Gasteiger partial charge in [-0.05, 0) is 67.7 Å². The van der Waals surface area contributed by atoms with Crippen LogP contribution in [0, 0.1) is 0 Å². The predicted octanol–water partition coefficient (Wildman–Crippen LogP) is 2.79. The van der Waals surface area contributed by atoms with Gasteiger partial charge in [0.2, 0.25) is 5.91 Å². The average Bonchev–Trinajstić information content (AvgIpc) is 3.52. The van der Waals surface area contributed by atoms with Crippen LogP contribution in [-0.2, 0) is 11.3 Å². The lowest BCUT2D eigenvalue weighted by molar-refractivity contribution is -0.123. The lowest BCUT2D eigenvalue weighted by Crippen LogP contribution is -2.48. The number of benzene rings is 1. The van der Waals surface area contributed by atoms with E-state index in [1.165, 1.54) is 30.4 Å². The van der Waals surface area contributed by atoms with Gasteiger partial charge in [0.1, 0.15) is 18.1 Å². The number of oxazole rings is 1. The minimum atomic E-state index is -0.135. The first-order chi connectivity index (χ1) is 15.3. The van der Waals surface area contributed by atoms with E-state index in [9.17, 15) is 4.79 Å². The van der Waals surface area contributed by atoms with Crippen LogP contribution in [-0.4, -0.2) is 54.6 Å². The summed E-state index contributed by atoms with van der Waals surface area (Å²) in [4.78, 5) is 19.1. The third-order valence-electron chi connectivity index (χ3n) is 6.72. The quantitative estimate of drug-likeness (QED) is 0.789. The molecule has 7 heteroatoms. The van der Waals surface area contributed by atoms with Crippen molar-refractivity contribution in [2.75, 3.05) is 32.8 Å². The van der Waals surface area contributed by atoms with Crippen LogP contribution < -0.4 is 15.4 Å². The monoisotopic (exact) mass is 424 g/mol. The van der Waals surface area contributed by atoms with Gasteiger partial charge in [0.25, 0.3) is 0 Å². The zero-order valence-corrected chi connectivity index (χ0v) is 18.0. The van der Waals surface area contributed by atoms with Gasteiger partial charge in [-0.1, -0.05) is 12.1 Å². The molecule has 31 heavy (non-hydrogen) atoms. The van der Waals surface area contributed by atoms with Crippen molar-refractivity contribution >= 4 is 5.91 Å². The van der Waals surface area contributed by atoms with Crippen LogP contribution in [0.15, 0.2) is 35.2 Å².